The van der Waals surface area contributed by atoms with Crippen molar-refractivity contribution in [3.8, 4) is 0 Å². The maximum absolute atomic E-state index is 10.9. The highest BCUT2D eigenvalue weighted by Crippen LogP contribution is 2.43. The average molecular weight is 236 g/mol. The Bertz CT molecular complexity index is 322. The molecule has 0 aromatic rings. The molecule has 16 heavy (non-hydrogen) atoms. The van der Waals surface area contributed by atoms with E-state index >= 15 is 0 Å². The Labute approximate surface area is 101 Å². The first-order valence-corrected chi connectivity index (χ1v) is 9.80. The maximum Gasteiger partial charge on any atom is 0.145 e. The van der Waals surface area contributed by atoms with E-state index in [-0.39, 0.29) is 5.41 Å². The van der Waals surface area contributed by atoms with Gasteiger partial charge in [-0.05, 0) is 36.3 Å². The zero-order valence-electron chi connectivity index (χ0n) is 11.1. The van der Waals surface area contributed by atoms with Crippen molar-refractivity contribution >= 4 is 14.4 Å². The second-order valence-corrected chi connectivity index (χ2v) is 12.0. The summed E-state index contributed by atoms with van der Waals surface area (Å²) in [6.07, 6.45) is 6.15. The number of rotatable bonds is 4. The molecule has 0 radical (unpaired) electrons. The van der Waals surface area contributed by atoms with Gasteiger partial charge in [0.1, 0.15) is 6.29 Å². The molecule has 2 heteroatoms. The molecule has 1 atom stereocenters. The molecule has 0 bridgehead atoms. The van der Waals surface area contributed by atoms with Crippen LogP contribution in [0.5, 0.6) is 0 Å². The van der Waals surface area contributed by atoms with E-state index in [2.05, 4.69) is 39.2 Å². The summed E-state index contributed by atoms with van der Waals surface area (Å²) in [6.45, 7) is 13.7. The fourth-order valence-electron chi connectivity index (χ4n) is 2.43. The summed E-state index contributed by atoms with van der Waals surface area (Å²) in [6, 6.07) is 1.18. The highest BCUT2D eigenvalue weighted by molar-refractivity contribution is 6.76. The molecule has 0 saturated carbocycles. The molecule has 1 aliphatic rings. The summed E-state index contributed by atoms with van der Waals surface area (Å²) in [4.78, 5) is 10.9. The van der Waals surface area contributed by atoms with Crippen LogP contribution in [0, 0.1) is 5.41 Å². The first-order chi connectivity index (χ1) is 7.27. The topological polar surface area (TPSA) is 17.1 Å². The molecule has 90 valence electrons. The summed E-state index contributed by atoms with van der Waals surface area (Å²) in [7, 11) is -1.09. The Hall–Kier alpha value is -0.633. The molecular weight excluding hydrogens is 212 g/mol. The smallest absolute Gasteiger partial charge is 0.145 e. The Balaban J connectivity index is 2.75. The molecule has 0 heterocycles. The summed E-state index contributed by atoms with van der Waals surface area (Å²) < 4.78 is 0. The van der Waals surface area contributed by atoms with E-state index in [1.807, 2.05) is 0 Å². The van der Waals surface area contributed by atoms with Crippen molar-refractivity contribution in [2.75, 3.05) is 0 Å². The zero-order valence-corrected chi connectivity index (χ0v) is 12.1. The molecule has 1 rings (SSSR count). The van der Waals surface area contributed by atoms with Crippen LogP contribution >= 0.6 is 0 Å². The van der Waals surface area contributed by atoms with Crippen LogP contribution in [0.25, 0.3) is 0 Å². The van der Waals surface area contributed by atoms with E-state index in [0.717, 1.165) is 31.1 Å². The van der Waals surface area contributed by atoms with E-state index in [0.29, 0.717) is 0 Å². The molecular formula is C14H24OSi. The summed E-state index contributed by atoms with van der Waals surface area (Å²) >= 11 is 0. The van der Waals surface area contributed by atoms with Gasteiger partial charge in [0.25, 0.3) is 0 Å². The van der Waals surface area contributed by atoms with Crippen LogP contribution in [-0.4, -0.2) is 14.4 Å². The minimum absolute atomic E-state index is 0.158. The lowest BCUT2D eigenvalue weighted by Gasteiger charge is -2.37. The van der Waals surface area contributed by atoms with Crippen molar-refractivity contribution in [1.29, 1.82) is 0 Å². The number of hydrogen-bond donors (Lipinski definition) is 0. The molecule has 0 aliphatic heterocycles. The fraction of sp³-hybridized carbons (Fsp3) is 0.643. The molecule has 0 spiro atoms. The molecule has 0 saturated heterocycles. The van der Waals surface area contributed by atoms with E-state index in [9.17, 15) is 4.79 Å². The number of aldehydes is 1. The van der Waals surface area contributed by atoms with Crippen molar-refractivity contribution in [2.24, 2.45) is 5.41 Å². The van der Waals surface area contributed by atoms with Gasteiger partial charge in [0.15, 0.2) is 0 Å². The number of hydrogen-bond acceptors (Lipinski definition) is 1. The van der Waals surface area contributed by atoms with Crippen LogP contribution < -0.4 is 0 Å². The first kappa shape index (κ1) is 13.4. The van der Waals surface area contributed by atoms with Gasteiger partial charge in [-0.15, -0.1) is 0 Å². The lowest BCUT2D eigenvalue weighted by atomic mass is 9.71. The van der Waals surface area contributed by atoms with Gasteiger partial charge in [-0.3, -0.25) is 4.79 Å². The van der Waals surface area contributed by atoms with E-state index in [1.165, 1.54) is 11.6 Å². The predicted molar refractivity (Wildman–Crippen MR) is 73.4 cm³/mol. The summed E-state index contributed by atoms with van der Waals surface area (Å²) in [5, 5.41) is 0. The fourth-order valence-corrected chi connectivity index (χ4v) is 4.14. The molecule has 0 aromatic carbocycles. The Kier molecular flexibility index (Phi) is 3.95. The lowest BCUT2D eigenvalue weighted by molar-refractivity contribution is -0.105. The first-order valence-electron chi connectivity index (χ1n) is 6.09. The second-order valence-electron chi connectivity index (χ2n) is 6.51. The molecule has 0 N–H and O–H groups in total. The van der Waals surface area contributed by atoms with Gasteiger partial charge in [0.2, 0.25) is 0 Å². The molecule has 1 aliphatic carbocycles. The second kappa shape index (κ2) is 4.70. The minimum Gasteiger partial charge on any atom is -0.298 e. The normalized spacial score (nSPS) is 26.1. The van der Waals surface area contributed by atoms with Crippen LogP contribution in [0.1, 0.15) is 26.2 Å². The number of carbonyl (C=O) groups is 1. The van der Waals surface area contributed by atoms with Crippen molar-refractivity contribution in [1.82, 2.24) is 0 Å². The predicted octanol–water partition coefficient (Wildman–Crippen LogP) is 4.20. The van der Waals surface area contributed by atoms with Crippen molar-refractivity contribution in [3.05, 3.63) is 23.8 Å². The van der Waals surface area contributed by atoms with Gasteiger partial charge >= 0.3 is 0 Å². The molecule has 0 fully saturated rings. The van der Waals surface area contributed by atoms with Crippen molar-refractivity contribution < 1.29 is 4.79 Å². The molecule has 1 nitrogen and oxygen atoms in total. The molecule has 0 unspecified atom stereocenters. The van der Waals surface area contributed by atoms with Crippen LogP contribution in [0.4, 0.5) is 0 Å². The van der Waals surface area contributed by atoms with Gasteiger partial charge in [-0.1, -0.05) is 44.8 Å². The Morgan fingerprint density at radius 3 is 2.69 bits per heavy atom. The van der Waals surface area contributed by atoms with Crippen LogP contribution in [0.15, 0.2) is 23.8 Å². The average Bonchev–Trinajstić information content (AvgIpc) is 2.15. The van der Waals surface area contributed by atoms with Crippen LogP contribution in [0.2, 0.25) is 25.7 Å². The number of allylic oxidation sites excluding steroid dienone is 3. The van der Waals surface area contributed by atoms with Crippen molar-refractivity contribution in [3.63, 3.8) is 0 Å². The van der Waals surface area contributed by atoms with Gasteiger partial charge in [-0.2, -0.15) is 0 Å². The molecule has 0 amide bonds. The van der Waals surface area contributed by atoms with E-state index in [1.54, 1.807) is 0 Å². The van der Waals surface area contributed by atoms with Gasteiger partial charge in [0.05, 0.1) is 0 Å². The minimum atomic E-state index is -1.09. The Morgan fingerprint density at radius 2 is 2.19 bits per heavy atom. The highest BCUT2D eigenvalue weighted by atomic mass is 28.3. The monoisotopic (exact) mass is 236 g/mol. The van der Waals surface area contributed by atoms with E-state index < -0.39 is 8.07 Å². The highest BCUT2D eigenvalue weighted by Gasteiger charge is 2.32. The SMILES string of the molecule is C=C(C[Si](C)(C)C)[C@@]1(C)CCC=C(C=O)C1. The zero-order chi connectivity index (χ0) is 12.4. The summed E-state index contributed by atoms with van der Waals surface area (Å²) in [5.74, 6) is 0. The number of carbonyl (C=O) groups excluding carboxylic acids is 1. The third-order valence-electron chi connectivity index (χ3n) is 3.45. The third kappa shape index (κ3) is 3.44. The lowest BCUT2D eigenvalue weighted by Crippen LogP contribution is -2.29. The van der Waals surface area contributed by atoms with Gasteiger partial charge < -0.3 is 0 Å². The Morgan fingerprint density at radius 1 is 1.56 bits per heavy atom. The third-order valence-corrected chi connectivity index (χ3v) is 4.93. The quantitative estimate of drug-likeness (QED) is 0.406. The van der Waals surface area contributed by atoms with Crippen LogP contribution in [0.3, 0.4) is 0 Å². The summed E-state index contributed by atoms with van der Waals surface area (Å²) in [5.41, 5.74) is 2.48. The van der Waals surface area contributed by atoms with Gasteiger partial charge in [0, 0.05) is 8.07 Å². The van der Waals surface area contributed by atoms with E-state index in [4.69, 9.17) is 0 Å². The maximum atomic E-state index is 10.9. The van der Waals surface area contributed by atoms with Crippen molar-refractivity contribution in [2.45, 2.75) is 51.9 Å². The molecule has 0 aromatic heterocycles. The standard InChI is InChI=1S/C14H24OSi/c1-12(11-16(3,4)5)14(2)8-6-7-13(9-14)10-15/h7,10H,1,6,8-9,11H2,2-5H3/t14-/m0/s1. The van der Waals surface area contributed by atoms with Crippen LogP contribution in [-0.2, 0) is 4.79 Å². The largest absolute Gasteiger partial charge is 0.298 e. The van der Waals surface area contributed by atoms with Gasteiger partial charge in [-0.25, -0.2) is 0 Å².